The molecule has 1 aromatic carbocycles. The Morgan fingerprint density at radius 3 is 2.75 bits per heavy atom. The first kappa shape index (κ1) is 16.3. The molecule has 0 unspecified atom stereocenters. The van der Waals surface area contributed by atoms with Crippen LogP contribution in [0.15, 0.2) is 23.4 Å². The van der Waals surface area contributed by atoms with Gasteiger partial charge in [-0.25, -0.2) is 0 Å². The van der Waals surface area contributed by atoms with Crippen LogP contribution >= 0.6 is 0 Å². The maximum atomic E-state index is 8.89. The summed E-state index contributed by atoms with van der Waals surface area (Å²) >= 11 is 0. The lowest BCUT2D eigenvalue weighted by Gasteiger charge is -2.20. The summed E-state index contributed by atoms with van der Waals surface area (Å²) in [7, 11) is 1.54. The predicted octanol–water partition coefficient (Wildman–Crippen LogP) is 0.994. The number of amidine groups is 1. The van der Waals surface area contributed by atoms with Crippen molar-refractivity contribution in [1.82, 2.24) is 4.90 Å². The van der Waals surface area contributed by atoms with E-state index in [1.165, 1.54) is 0 Å². The zero-order valence-corrected chi connectivity index (χ0v) is 12.0. The van der Waals surface area contributed by atoms with E-state index in [1.807, 2.05) is 18.2 Å². The Balaban J connectivity index is 2.90. The highest BCUT2D eigenvalue weighted by Crippen LogP contribution is 2.20. The number of oxime groups is 1. The fourth-order valence-corrected chi connectivity index (χ4v) is 2.01. The molecule has 0 spiro atoms. The zero-order chi connectivity index (χ0) is 15.0. The number of rotatable bonds is 8. The van der Waals surface area contributed by atoms with E-state index in [9.17, 15) is 0 Å². The van der Waals surface area contributed by atoms with Gasteiger partial charge in [-0.15, -0.1) is 0 Å². The third-order valence-electron chi connectivity index (χ3n) is 3.13. The van der Waals surface area contributed by atoms with Crippen molar-refractivity contribution < 1.29 is 15.1 Å². The standard InChI is InChI=1S/C14H23N3O3/c1-3-17(7-4-8-18)10-11-5-6-13(20-2)12(9-11)14(15)16-19/h5-6,9,18-19H,3-4,7-8,10H2,1-2H3,(H2,15,16). The number of methoxy groups -OCH3 is 1. The molecule has 20 heavy (non-hydrogen) atoms. The smallest absolute Gasteiger partial charge is 0.173 e. The summed E-state index contributed by atoms with van der Waals surface area (Å²) < 4.78 is 5.20. The highest BCUT2D eigenvalue weighted by atomic mass is 16.5. The Morgan fingerprint density at radius 2 is 2.20 bits per heavy atom. The van der Waals surface area contributed by atoms with Crippen LogP contribution in [0.3, 0.4) is 0 Å². The van der Waals surface area contributed by atoms with E-state index >= 15 is 0 Å². The van der Waals surface area contributed by atoms with Gasteiger partial charge in [-0.2, -0.15) is 0 Å². The topological polar surface area (TPSA) is 91.3 Å². The molecule has 0 atom stereocenters. The van der Waals surface area contributed by atoms with Crippen molar-refractivity contribution in [2.75, 3.05) is 26.8 Å². The van der Waals surface area contributed by atoms with Crippen LogP contribution in [-0.2, 0) is 6.54 Å². The Hall–Kier alpha value is -1.79. The molecule has 1 aromatic rings. The molecule has 6 nitrogen and oxygen atoms in total. The average Bonchev–Trinajstić information content (AvgIpc) is 2.50. The molecule has 0 amide bonds. The summed E-state index contributed by atoms with van der Waals surface area (Å²) in [5.74, 6) is 0.601. The van der Waals surface area contributed by atoms with Gasteiger partial charge in [0.15, 0.2) is 5.84 Å². The molecule has 6 heteroatoms. The van der Waals surface area contributed by atoms with Crippen LogP contribution in [0, 0.1) is 0 Å². The van der Waals surface area contributed by atoms with E-state index in [0.717, 1.165) is 31.6 Å². The van der Waals surface area contributed by atoms with Crippen molar-refractivity contribution in [2.24, 2.45) is 10.9 Å². The predicted molar refractivity (Wildman–Crippen MR) is 78.2 cm³/mol. The quantitative estimate of drug-likeness (QED) is 0.286. The Labute approximate surface area is 119 Å². The van der Waals surface area contributed by atoms with Crippen molar-refractivity contribution in [3.05, 3.63) is 29.3 Å². The summed E-state index contributed by atoms with van der Waals surface area (Å²) in [4.78, 5) is 2.22. The summed E-state index contributed by atoms with van der Waals surface area (Å²) in [5, 5.41) is 20.7. The molecule has 0 aliphatic heterocycles. The highest BCUT2D eigenvalue weighted by Gasteiger charge is 2.11. The van der Waals surface area contributed by atoms with Gasteiger partial charge in [-0.05, 0) is 30.7 Å². The second-order valence-corrected chi connectivity index (χ2v) is 4.47. The lowest BCUT2D eigenvalue weighted by Crippen LogP contribution is -2.25. The van der Waals surface area contributed by atoms with E-state index in [0.29, 0.717) is 11.3 Å². The minimum absolute atomic E-state index is 0.0297. The van der Waals surface area contributed by atoms with Crippen molar-refractivity contribution in [1.29, 1.82) is 0 Å². The fraction of sp³-hybridized carbons (Fsp3) is 0.500. The molecule has 0 radical (unpaired) electrons. The van der Waals surface area contributed by atoms with Crippen LogP contribution in [0.25, 0.3) is 0 Å². The number of benzene rings is 1. The van der Waals surface area contributed by atoms with Gasteiger partial charge in [-0.3, -0.25) is 4.90 Å². The van der Waals surface area contributed by atoms with Gasteiger partial charge in [0.2, 0.25) is 0 Å². The Morgan fingerprint density at radius 1 is 1.45 bits per heavy atom. The largest absolute Gasteiger partial charge is 0.496 e. The lowest BCUT2D eigenvalue weighted by atomic mass is 10.1. The van der Waals surface area contributed by atoms with Crippen LogP contribution in [0.2, 0.25) is 0 Å². The number of aliphatic hydroxyl groups excluding tert-OH is 1. The first-order valence-electron chi connectivity index (χ1n) is 6.64. The van der Waals surface area contributed by atoms with E-state index < -0.39 is 0 Å². The Kier molecular flexibility index (Phi) is 6.83. The fourth-order valence-electron chi connectivity index (χ4n) is 2.01. The summed E-state index contributed by atoms with van der Waals surface area (Å²) in [6.07, 6.45) is 0.747. The van der Waals surface area contributed by atoms with Gasteiger partial charge in [0, 0.05) is 19.7 Å². The van der Waals surface area contributed by atoms with Crippen LogP contribution in [0.1, 0.15) is 24.5 Å². The van der Waals surface area contributed by atoms with Crippen LogP contribution in [0.5, 0.6) is 5.75 Å². The third-order valence-corrected chi connectivity index (χ3v) is 3.13. The van der Waals surface area contributed by atoms with Gasteiger partial charge in [0.25, 0.3) is 0 Å². The number of nitrogens with two attached hydrogens (primary N) is 1. The van der Waals surface area contributed by atoms with E-state index in [-0.39, 0.29) is 12.4 Å². The normalized spacial score (nSPS) is 11.9. The molecule has 0 saturated carbocycles. The van der Waals surface area contributed by atoms with E-state index in [4.69, 9.17) is 20.8 Å². The van der Waals surface area contributed by atoms with E-state index in [2.05, 4.69) is 17.0 Å². The van der Waals surface area contributed by atoms with Crippen LogP contribution in [0.4, 0.5) is 0 Å². The van der Waals surface area contributed by atoms with Crippen molar-refractivity contribution >= 4 is 5.84 Å². The molecule has 0 aliphatic rings. The molecular formula is C14H23N3O3. The van der Waals surface area contributed by atoms with Crippen molar-refractivity contribution in [2.45, 2.75) is 19.9 Å². The number of nitrogens with zero attached hydrogens (tertiary/aromatic N) is 2. The third kappa shape index (κ3) is 4.40. The SMILES string of the molecule is CCN(CCCO)Cc1ccc(OC)c(/C(N)=N/O)c1. The summed E-state index contributed by atoms with van der Waals surface area (Å²) in [6, 6.07) is 5.62. The molecule has 0 fully saturated rings. The second kappa shape index (κ2) is 8.39. The van der Waals surface area contributed by atoms with Crippen LogP contribution in [-0.4, -0.2) is 47.9 Å². The number of ether oxygens (including phenoxy) is 1. The average molecular weight is 281 g/mol. The molecule has 0 aliphatic carbocycles. The molecule has 112 valence electrons. The van der Waals surface area contributed by atoms with Gasteiger partial charge in [-0.1, -0.05) is 18.1 Å². The molecule has 4 N–H and O–H groups in total. The minimum Gasteiger partial charge on any atom is -0.496 e. The highest BCUT2D eigenvalue weighted by molar-refractivity contribution is 5.99. The maximum Gasteiger partial charge on any atom is 0.173 e. The molecule has 0 heterocycles. The molecule has 1 rings (SSSR count). The van der Waals surface area contributed by atoms with Crippen molar-refractivity contribution in [3.8, 4) is 5.75 Å². The van der Waals surface area contributed by atoms with Gasteiger partial charge in [0.1, 0.15) is 5.75 Å². The zero-order valence-electron chi connectivity index (χ0n) is 12.0. The monoisotopic (exact) mass is 281 g/mol. The van der Waals surface area contributed by atoms with E-state index in [1.54, 1.807) is 7.11 Å². The van der Waals surface area contributed by atoms with Crippen LogP contribution < -0.4 is 10.5 Å². The van der Waals surface area contributed by atoms with Gasteiger partial charge in [0.05, 0.1) is 12.7 Å². The minimum atomic E-state index is 0.0297. The first-order chi connectivity index (χ1) is 9.65. The second-order valence-electron chi connectivity index (χ2n) is 4.47. The number of hydrogen-bond acceptors (Lipinski definition) is 5. The van der Waals surface area contributed by atoms with Gasteiger partial charge >= 0.3 is 0 Å². The van der Waals surface area contributed by atoms with Gasteiger partial charge < -0.3 is 20.8 Å². The number of aliphatic hydroxyl groups is 1. The molecule has 0 saturated heterocycles. The van der Waals surface area contributed by atoms with Crippen molar-refractivity contribution in [3.63, 3.8) is 0 Å². The first-order valence-corrected chi connectivity index (χ1v) is 6.64. The molecular weight excluding hydrogens is 258 g/mol. The molecule has 0 bridgehead atoms. The number of hydrogen-bond donors (Lipinski definition) is 3. The maximum absolute atomic E-state index is 8.89. The molecule has 0 aromatic heterocycles. The summed E-state index contributed by atoms with van der Waals surface area (Å²) in [6.45, 7) is 4.73. The lowest BCUT2D eigenvalue weighted by molar-refractivity contribution is 0.225. The summed E-state index contributed by atoms with van der Waals surface area (Å²) in [5.41, 5.74) is 7.28. The Bertz CT molecular complexity index is 449.